The number of guanidine groups is 1. The molecule has 2 aromatic rings. The molecule has 0 atom stereocenters. The van der Waals surface area contributed by atoms with Crippen molar-refractivity contribution < 1.29 is 9.90 Å². The predicted octanol–water partition coefficient (Wildman–Crippen LogP) is 0.488. The van der Waals surface area contributed by atoms with E-state index in [2.05, 4.69) is 10.4 Å². The van der Waals surface area contributed by atoms with E-state index in [1.54, 1.807) is 48.8 Å². The summed E-state index contributed by atoms with van der Waals surface area (Å²) in [6.07, 6.45) is 3.40. The Morgan fingerprint density at radius 1 is 1.32 bits per heavy atom. The molecule has 0 aliphatic rings. The van der Waals surface area contributed by atoms with Crippen LogP contribution in [0.5, 0.6) is 0 Å². The van der Waals surface area contributed by atoms with E-state index in [1.807, 2.05) is 0 Å². The summed E-state index contributed by atoms with van der Waals surface area (Å²) in [4.78, 5) is 11.9. The van der Waals surface area contributed by atoms with Gasteiger partial charge in [0.15, 0.2) is 0 Å². The highest BCUT2D eigenvalue weighted by Gasteiger charge is 2.07. The third-order valence-electron chi connectivity index (χ3n) is 2.43. The number of nitrogens with zero attached hydrogens (tertiary/aromatic N) is 2. The number of rotatable bonds is 3. The Hall–Kier alpha value is -2.60. The van der Waals surface area contributed by atoms with Crippen molar-refractivity contribution in [3.63, 3.8) is 0 Å². The molecule has 19 heavy (non-hydrogen) atoms. The predicted molar refractivity (Wildman–Crippen MR) is 71.3 cm³/mol. The lowest BCUT2D eigenvalue weighted by Crippen LogP contribution is -2.37. The van der Waals surface area contributed by atoms with Crippen LogP contribution >= 0.6 is 0 Å². The van der Waals surface area contributed by atoms with Crippen molar-refractivity contribution >= 4 is 11.9 Å². The maximum Gasteiger partial charge on any atom is 0.258 e. The summed E-state index contributed by atoms with van der Waals surface area (Å²) in [7, 11) is 0. The third-order valence-corrected chi connectivity index (χ3v) is 2.43. The largest absolute Gasteiger partial charge is 0.392 e. The molecule has 0 saturated heterocycles. The molecule has 1 amide bonds. The van der Waals surface area contributed by atoms with Gasteiger partial charge < -0.3 is 10.8 Å². The Kier molecular flexibility index (Phi) is 3.94. The summed E-state index contributed by atoms with van der Waals surface area (Å²) >= 11 is 0. The second-order valence-electron chi connectivity index (χ2n) is 3.86. The highest BCUT2D eigenvalue weighted by atomic mass is 16.3. The van der Waals surface area contributed by atoms with E-state index >= 15 is 0 Å². The molecule has 0 fully saturated rings. The minimum atomic E-state index is -0.372. The van der Waals surface area contributed by atoms with E-state index < -0.39 is 0 Å². The monoisotopic (exact) mass is 258 g/mol. The van der Waals surface area contributed by atoms with Crippen LogP contribution in [0.15, 0.2) is 53.9 Å². The number of hydrogen-bond acceptors (Lipinski definition) is 3. The second kappa shape index (κ2) is 5.83. The van der Waals surface area contributed by atoms with Gasteiger partial charge in [0.1, 0.15) is 0 Å². The van der Waals surface area contributed by atoms with Gasteiger partial charge in [-0.05, 0) is 29.8 Å². The van der Waals surface area contributed by atoms with Gasteiger partial charge in [0.2, 0.25) is 5.96 Å². The highest BCUT2D eigenvalue weighted by molar-refractivity contribution is 6.05. The van der Waals surface area contributed by atoms with Crippen LogP contribution in [0, 0.1) is 0 Å². The average molecular weight is 258 g/mol. The molecule has 0 bridgehead atoms. The van der Waals surface area contributed by atoms with Gasteiger partial charge in [0, 0.05) is 18.0 Å². The van der Waals surface area contributed by atoms with Crippen molar-refractivity contribution in [2.24, 2.45) is 10.8 Å². The lowest BCUT2D eigenvalue weighted by molar-refractivity contribution is 0.0976. The first-order valence-corrected chi connectivity index (χ1v) is 5.67. The fourth-order valence-corrected chi connectivity index (χ4v) is 1.54. The summed E-state index contributed by atoms with van der Waals surface area (Å²) in [6, 6.07) is 10.2. The van der Waals surface area contributed by atoms with Crippen molar-refractivity contribution in [1.82, 2.24) is 9.99 Å². The molecule has 0 unspecified atom stereocenters. The number of carbonyl (C=O) groups is 1. The van der Waals surface area contributed by atoms with Gasteiger partial charge in [-0.2, -0.15) is 0 Å². The summed E-state index contributed by atoms with van der Waals surface area (Å²) in [6.45, 7) is -0.117. The normalized spacial score (nSPS) is 11.3. The van der Waals surface area contributed by atoms with Gasteiger partial charge >= 0.3 is 0 Å². The summed E-state index contributed by atoms with van der Waals surface area (Å²) in [5, 5.41) is 15.4. The number of aliphatic hydroxyl groups is 1. The molecule has 1 aromatic carbocycles. The molecule has 1 heterocycles. The van der Waals surface area contributed by atoms with Crippen LogP contribution in [0.4, 0.5) is 0 Å². The Morgan fingerprint density at radius 2 is 2.05 bits per heavy atom. The second-order valence-corrected chi connectivity index (χ2v) is 3.86. The van der Waals surface area contributed by atoms with Crippen LogP contribution < -0.4 is 11.1 Å². The van der Waals surface area contributed by atoms with Crippen LogP contribution in [-0.4, -0.2) is 21.6 Å². The average Bonchev–Trinajstić information content (AvgIpc) is 2.91. The number of aromatic nitrogens is 1. The van der Waals surface area contributed by atoms with Gasteiger partial charge in [-0.25, -0.2) is 4.68 Å². The van der Waals surface area contributed by atoms with E-state index in [4.69, 9.17) is 10.8 Å². The topological polar surface area (TPSA) is 92.6 Å². The zero-order valence-electron chi connectivity index (χ0n) is 10.2. The highest BCUT2D eigenvalue weighted by Crippen LogP contribution is 2.04. The first kappa shape index (κ1) is 12.8. The Labute approximate surface area is 110 Å². The quantitative estimate of drug-likeness (QED) is 0.552. The van der Waals surface area contributed by atoms with Crippen LogP contribution in [0.2, 0.25) is 0 Å². The van der Waals surface area contributed by atoms with Crippen LogP contribution in [0.1, 0.15) is 15.9 Å². The molecule has 0 spiro atoms. The van der Waals surface area contributed by atoms with Crippen LogP contribution in [0.3, 0.4) is 0 Å². The van der Waals surface area contributed by atoms with Gasteiger partial charge in [-0.1, -0.05) is 12.1 Å². The van der Waals surface area contributed by atoms with E-state index in [-0.39, 0.29) is 18.5 Å². The molecule has 6 nitrogen and oxygen atoms in total. The fourth-order valence-electron chi connectivity index (χ4n) is 1.54. The smallest absolute Gasteiger partial charge is 0.258 e. The first-order valence-electron chi connectivity index (χ1n) is 5.67. The van der Waals surface area contributed by atoms with Crippen LogP contribution in [0.25, 0.3) is 0 Å². The first-order chi connectivity index (χ1) is 9.19. The Bertz CT molecular complexity index is 590. The van der Waals surface area contributed by atoms with Gasteiger partial charge in [0.05, 0.1) is 6.61 Å². The molecule has 6 heteroatoms. The Morgan fingerprint density at radius 3 is 2.74 bits per heavy atom. The molecule has 0 saturated carbocycles. The van der Waals surface area contributed by atoms with Crippen molar-refractivity contribution in [3.8, 4) is 0 Å². The van der Waals surface area contributed by atoms with E-state index in [0.717, 1.165) is 0 Å². The van der Waals surface area contributed by atoms with Crippen molar-refractivity contribution in [2.45, 2.75) is 6.61 Å². The SMILES string of the molecule is NC(=Nn1cccc1)NC(=O)c1cccc(CO)c1. The molecular weight excluding hydrogens is 244 g/mol. The molecular formula is C13H14N4O2. The lowest BCUT2D eigenvalue weighted by Gasteiger charge is -2.05. The molecule has 2 rings (SSSR count). The number of nitrogens with one attached hydrogen (secondary N) is 1. The molecule has 0 aliphatic heterocycles. The molecule has 1 aromatic heterocycles. The van der Waals surface area contributed by atoms with Crippen molar-refractivity contribution in [2.75, 3.05) is 0 Å². The van der Waals surface area contributed by atoms with Gasteiger partial charge in [0.25, 0.3) is 5.91 Å². The van der Waals surface area contributed by atoms with E-state index in [1.165, 1.54) is 4.68 Å². The Balaban J connectivity index is 2.08. The number of nitrogens with two attached hydrogens (primary N) is 1. The van der Waals surface area contributed by atoms with Gasteiger partial charge in [-0.3, -0.25) is 10.1 Å². The van der Waals surface area contributed by atoms with Crippen molar-refractivity contribution in [3.05, 3.63) is 59.9 Å². The zero-order valence-corrected chi connectivity index (χ0v) is 10.2. The van der Waals surface area contributed by atoms with E-state index in [0.29, 0.717) is 11.1 Å². The molecule has 98 valence electrons. The summed E-state index contributed by atoms with van der Waals surface area (Å²) in [5.41, 5.74) is 6.70. The van der Waals surface area contributed by atoms with Crippen LogP contribution in [-0.2, 0) is 6.61 Å². The maximum atomic E-state index is 11.9. The van der Waals surface area contributed by atoms with Crippen molar-refractivity contribution in [1.29, 1.82) is 0 Å². The minimum absolute atomic E-state index is 0.00407. The van der Waals surface area contributed by atoms with Gasteiger partial charge in [-0.15, -0.1) is 5.10 Å². The maximum absolute atomic E-state index is 11.9. The number of benzene rings is 1. The minimum Gasteiger partial charge on any atom is -0.392 e. The molecule has 0 radical (unpaired) electrons. The summed E-state index contributed by atoms with van der Waals surface area (Å²) < 4.78 is 1.49. The van der Waals surface area contributed by atoms with E-state index in [9.17, 15) is 4.79 Å². The fraction of sp³-hybridized carbons (Fsp3) is 0.0769. The number of aliphatic hydroxyl groups excluding tert-OH is 1. The zero-order chi connectivity index (χ0) is 13.7. The third kappa shape index (κ3) is 3.43. The summed E-state index contributed by atoms with van der Waals surface area (Å²) in [5.74, 6) is -0.376. The lowest BCUT2D eigenvalue weighted by atomic mass is 10.1. The molecule has 0 aliphatic carbocycles. The number of amides is 1. The number of hydrogen-bond donors (Lipinski definition) is 3. The number of carbonyl (C=O) groups excluding carboxylic acids is 1. The standard InChI is InChI=1S/C13H14N4O2/c14-13(16-17-6-1-2-7-17)15-12(19)11-5-3-4-10(8-11)9-18/h1-8,18H,9H2,(H3,14,15,16,19). The molecule has 4 N–H and O–H groups in total.